The third kappa shape index (κ3) is 6.85. The molecule has 4 aromatic rings. The number of carbonyl (C=O) groups is 4. The van der Waals surface area contributed by atoms with Crippen molar-refractivity contribution in [2.45, 2.75) is 68.3 Å². The molecular formula is C40H41N5O7. The summed E-state index contributed by atoms with van der Waals surface area (Å²) in [4.78, 5) is 62.4. The minimum atomic E-state index is -1.40. The van der Waals surface area contributed by atoms with Crippen LogP contribution in [0, 0.1) is 11.8 Å². The summed E-state index contributed by atoms with van der Waals surface area (Å²) in [5.41, 5.74) is 0.894. The van der Waals surface area contributed by atoms with Gasteiger partial charge in [0.05, 0.1) is 28.6 Å². The number of aldehydes is 1. The van der Waals surface area contributed by atoms with Gasteiger partial charge in [0.25, 0.3) is 0 Å². The summed E-state index contributed by atoms with van der Waals surface area (Å²) in [6.07, 6.45) is 5.74. The standard InChI is InChI=1S/C40H41N5O7/c1-2-26-21-40(26,39(50)51)44-36(47)34-20-28(52-37-30-13-6-8-14-31(30)42-35(43-37)24-10-4-3-5-11-24)22-45(34)33-15-9-7-12-29(33)32(23-46)41-27-18-16-25(17-19-27)38(48)49/h2-6,8,10-11,13-14,16-19,23,26,28-29,32-34,41H,1,7,9,12,15,20-22H2,(H,44,47)(H,48,49)(H,50,51). The largest absolute Gasteiger partial charge is 0.479 e. The van der Waals surface area contributed by atoms with Gasteiger partial charge in [0.15, 0.2) is 5.82 Å². The SMILES string of the molecule is C=CC1CC1(NC(=O)C1CC(Oc2nc(-c3ccccc3)nc3ccccc23)CN1C1CCCCC1C(C=O)Nc1ccc(C(=O)O)cc1)C(=O)O. The zero-order valence-corrected chi connectivity index (χ0v) is 28.6. The van der Waals surface area contributed by atoms with Crippen molar-refractivity contribution in [3.8, 4) is 17.3 Å². The first-order valence-electron chi connectivity index (χ1n) is 17.7. The van der Waals surface area contributed by atoms with E-state index in [0.29, 0.717) is 29.5 Å². The van der Waals surface area contributed by atoms with Gasteiger partial charge in [-0.05, 0) is 55.7 Å². The molecule has 1 saturated heterocycles. The van der Waals surface area contributed by atoms with Gasteiger partial charge in [0, 0.05) is 42.1 Å². The Morgan fingerprint density at radius 2 is 1.69 bits per heavy atom. The first-order valence-corrected chi connectivity index (χ1v) is 17.7. The molecule has 2 heterocycles. The summed E-state index contributed by atoms with van der Waals surface area (Å²) in [6.45, 7) is 4.12. The lowest BCUT2D eigenvalue weighted by Crippen LogP contribution is -2.57. The fourth-order valence-corrected chi connectivity index (χ4v) is 7.98. The van der Waals surface area contributed by atoms with E-state index in [-0.39, 0.29) is 36.3 Å². The van der Waals surface area contributed by atoms with Crippen LogP contribution < -0.4 is 15.4 Å². The van der Waals surface area contributed by atoms with Crippen molar-refractivity contribution in [3.05, 3.63) is 97.1 Å². The Labute approximate surface area is 300 Å². The Hall–Kier alpha value is -5.62. The van der Waals surface area contributed by atoms with E-state index in [0.717, 1.165) is 42.9 Å². The number of rotatable bonds is 13. The van der Waals surface area contributed by atoms with E-state index in [1.807, 2.05) is 54.6 Å². The second kappa shape index (κ2) is 14.5. The van der Waals surface area contributed by atoms with Gasteiger partial charge in [-0.15, -0.1) is 6.58 Å². The Kier molecular flexibility index (Phi) is 9.74. The van der Waals surface area contributed by atoms with E-state index in [1.54, 1.807) is 18.2 Å². The number of ether oxygens (including phenoxy) is 1. The van der Waals surface area contributed by atoms with Crippen molar-refractivity contribution >= 4 is 40.7 Å². The van der Waals surface area contributed by atoms with Crippen LogP contribution in [-0.2, 0) is 14.4 Å². The molecule has 4 N–H and O–H groups in total. The number of fused-ring (bicyclic) bond motifs is 1. The molecule has 0 bridgehead atoms. The average molecular weight is 704 g/mol. The molecule has 2 aliphatic carbocycles. The highest BCUT2D eigenvalue weighted by molar-refractivity contribution is 5.93. The molecule has 12 heteroatoms. The molecule has 0 radical (unpaired) electrons. The minimum absolute atomic E-state index is 0.140. The number of para-hydroxylation sites is 1. The van der Waals surface area contributed by atoms with E-state index >= 15 is 0 Å². The molecule has 7 rings (SSSR count). The van der Waals surface area contributed by atoms with Crippen LogP contribution in [0.4, 0.5) is 5.69 Å². The van der Waals surface area contributed by atoms with Crippen molar-refractivity contribution in [2.24, 2.45) is 11.8 Å². The molecule has 3 aromatic carbocycles. The number of nitrogens with one attached hydrogen (secondary N) is 2. The number of carbonyl (C=O) groups excluding carboxylic acids is 2. The van der Waals surface area contributed by atoms with Crippen LogP contribution in [0.15, 0.2) is 91.5 Å². The number of hydrogen-bond donors (Lipinski definition) is 4. The van der Waals surface area contributed by atoms with Crippen LogP contribution in [0.1, 0.15) is 48.9 Å². The van der Waals surface area contributed by atoms with Crippen molar-refractivity contribution in [3.63, 3.8) is 0 Å². The van der Waals surface area contributed by atoms with Crippen molar-refractivity contribution in [1.29, 1.82) is 0 Å². The number of aromatic carboxylic acids is 1. The molecule has 2 saturated carbocycles. The fraction of sp³-hybridized carbons (Fsp3) is 0.350. The minimum Gasteiger partial charge on any atom is -0.479 e. The monoisotopic (exact) mass is 703 g/mol. The van der Waals surface area contributed by atoms with Crippen LogP contribution in [0.3, 0.4) is 0 Å². The molecule has 3 fully saturated rings. The molecule has 7 atom stereocenters. The number of carboxylic acid groups (broad SMARTS) is 2. The maximum Gasteiger partial charge on any atom is 0.335 e. The lowest BCUT2D eigenvalue weighted by molar-refractivity contribution is -0.144. The number of nitrogens with zero attached hydrogens (tertiary/aromatic N) is 3. The quantitative estimate of drug-likeness (QED) is 0.107. The van der Waals surface area contributed by atoms with Crippen LogP contribution in [0.2, 0.25) is 0 Å². The van der Waals surface area contributed by atoms with Crippen LogP contribution in [-0.4, -0.2) is 85.5 Å². The zero-order chi connectivity index (χ0) is 36.4. The predicted octanol–water partition coefficient (Wildman–Crippen LogP) is 5.20. The van der Waals surface area contributed by atoms with Crippen LogP contribution >= 0.6 is 0 Å². The molecule has 52 heavy (non-hydrogen) atoms. The summed E-state index contributed by atoms with van der Waals surface area (Å²) in [5, 5.41) is 26.4. The molecule has 1 amide bonds. The Balaban J connectivity index is 1.20. The predicted molar refractivity (Wildman–Crippen MR) is 194 cm³/mol. The van der Waals surface area contributed by atoms with Gasteiger partial charge in [-0.25, -0.2) is 14.6 Å². The molecule has 0 spiro atoms. The Bertz CT molecular complexity index is 1990. The maximum absolute atomic E-state index is 14.2. The maximum atomic E-state index is 14.2. The highest BCUT2D eigenvalue weighted by Crippen LogP contribution is 2.45. The molecule has 1 aromatic heterocycles. The molecule has 1 aliphatic heterocycles. The lowest BCUT2D eigenvalue weighted by atomic mass is 9.78. The smallest absolute Gasteiger partial charge is 0.335 e. The van der Waals surface area contributed by atoms with Gasteiger partial charge in [-0.2, -0.15) is 4.98 Å². The summed E-state index contributed by atoms with van der Waals surface area (Å²) < 4.78 is 6.70. The second-order valence-electron chi connectivity index (χ2n) is 13.9. The number of likely N-dealkylation sites (tertiary alicyclic amines) is 1. The van der Waals surface area contributed by atoms with Gasteiger partial charge < -0.3 is 30.4 Å². The number of benzene rings is 3. The summed E-state index contributed by atoms with van der Waals surface area (Å²) >= 11 is 0. The first-order chi connectivity index (χ1) is 25.2. The third-order valence-corrected chi connectivity index (χ3v) is 10.8. The normalized spacial score (nSPS) is 26.2. The number of aliphatic carboxylic acids is 1. The molecular weight excluding hydrogens is 662 g/mol. The molecule has 3 aliphatic rings. The van der Waals surface area contributed by atoms with E-state index in [1.165, 1.54) is 12.1 Å². The zero-order valence-electron chi connectivity index (χ0n) is 28.6. The molecule has 12 nitrogen and oxygen atoms in total. The number of aromatic nitrogens is 2. The lowest BCUT2D eigenvalue weighted by Gasteiger charge is -2.42. The number of anilines is 1. The summed E-state index contributed by atoms with van der Waals surface area (Å²) in [5.74, 6) is -2.21. The van der Waals surface area contributed by atoms with Gasteiger partial charge in [0.2, 0.25) is 11.8 Å². The van der Waals surface area contributed by atoms with Crippen molar-refractivity contribution < 1.29 is 34.1 Å². The Morgan fingerprint density at radius 1 is 0.962 bits per heavy atom. The highest BCUT2D eigenvalue weighted by atomic mass is 16.5. The molecule has 268 valence electrons. The average Bonchev–Trinajstić information content (AvgIpc) is 3.74. The van der Waals surface area contributed by atoms with Crippen LogP contribution in [0.25, 0.3) is 22.3 Å². The van der Waals surface area contributed by atoms with E-state index in [9.17, 15) is 29.4 Å². The van der Waals surface area contributed by atoms with Gasteiger partial charge in [-0.3, -0.25) is 9.69 Å². The molecule has 7 unspecified atom stereocenters. The Morgan fingerprint density at radius 3 is 2.38 bits per heavy atom. The topological polar surface area (TPSA) is 171 Å². The number of amides is 1. The first kappa shape index (κ1) is 34.8. The fourth-order valence-electron chi connectivity index (χ4n) is 7.98. The summed E-state index contributed by atoms with van der Waals surface area (Å²) in [7, 11) is 0. The van der Waals surface area contributed by atoms with Gasteiger partial charge in [-0.1, -0.05) is 61.4 Å². The van der Waals surface area contributed by atoms with E-state index in [4.69, 9.17) is 14.7 Å². The summed E-state index contributed by atoms with van der Waals surface area (Å²) in [6, 6.07) is 21.9. The van der Waals surface area contributed by atoms with Crippen molar-refractivity contribution in [1.82, 2.24) is 20.2 Å². The van der Waals surface area contributed by atoms with E-state index < -0.39 is 41.6 Å². The number of carboxylic acids is 2. The van der Waals surface area contributed by atoms with E-state index in [2.05, 4.69) is 22.1 Å². The number of hydrogen-bond acceptors (Lipinski definition) is 9. The van der Waals surface area contributed by atoms with Crippen LogP contribution in [0.5, 0.6) is 5.88 Å². The second-order valence-corrected chi connectivity index (χ2v) is 13.9. The van der Waals surface area contributed by atoms with Crippen molar-refractivity contribution in [2.75, 3.05) is 11.9 Å². The van der Waals surface area contributed by atoms with Gasteiger partial charge in [0.1, 0.15) is 17.9 Å². The highest BCUT2D eigenvalue weighted by Gasteiger charge is 2.61. The van der Waals surface area contributed by atoms with Gasteiger partial charge >= 0.3 is 11.9 Å². The third-order valence-electron chi connectivity index (χ3n) is 10.8.